The van der Waals surface area contributed by atoms with E-state index in [9.17, 15) is 17.6 Å². The molecule has 3 aromatic rings. The molecular formula is C24H25FN2O4S. The molecule has 168 valence electrons. The predicted molar refractivity (Wildman–Crippen MR) is 124 cm³/mol. The third kappa shape index (κ3) is 5.85. The Bertz CT molecular complexity index is 1210. The molecule has 0 atom stereocenters. The second-order valence-electron chi connectivity index (χ2n) is 7.44. The van der Waals surface area contributed by atoms with Crippen molar-refractivity contribution in [2.24, 2.45) is 0 Å². The van der Waals surface area contributed by atoms with Crippen LogP contribution in [0, 0.1) is 19.7 Å². The highest BCUT2D eigenvalue weighted by molar-refractivity contribution is 7.92. The van der Waals surface area contributed by atoms with Gasteiger partial charge in [-0.25, -0.2) is 12.8 Å². The molecule has 1 N–H and O–H groups in total. The number of aryl methyl sites for hydroxylation is 1. The monoisotopic (exact) mass is 456 g/mol. The third-order valence-corrected chi connectivity index (χ3v) is 6.19. The molecule has 3 rings (SSSR count). The average molecular weight is 457 g/mol. The summed E-state index contributed by atoms with van der Waals surface area (Å²) < 4.78 is 45.2. The minimum absolute atomic E-state index is 0.135. The lowest BCUT2D eigenvalue weighted by Crippen LogP contribution is -2.29. The number of anilines is 2. The van der Waals surface area contributed by atoms with Gasteiger partial charge in [-0.2, -0.15) is 0 Å². The van der Waals surface area contributed by atoms with Gasteiger partial charge in [0, 0.05) is 11.3 Å². The quantitative estimate of drug-likeness (QED) is 0.544. The summed E-state index contributed by atoms with van der Waals surface area (Å²) >= 11 is 0. The topological polar surface area (TPSA) is 75.7 Å². The first kappa shape index (κ1) is 23.3. The second-order valence-corrected chi connectivity index (χ2v) is 9.35. The lowest BCUT2D eigenvalue weighted by Gasteiger charge is -2.23. The molecule has 8 heteroatoms. The summed E-state index contributed by atoms with van der Waals surface area (Å²) in [6, 6.07) is 17.9. The van der Waals surface area contributed by atoms with Crippen LogP contribution in [0.15, 0.2) is 66.7 Å². The van der Waals surface area contributed by atoms with Crippen LogP contribution < -0.4 is 14.4 Å². The summed E-state index contributed by atoms with van der Waals surface area (Å²) in [7, 11) is -3.65. The van der Waals surface area contributed by atoms with Crippen molar-refractivity contribution in [1.29, 1.82) is 0 Å². The molecule has 0 saturated carbocycles. The number of hydrogen-bond donors (Lipinski definition) is 1. The van der Waals surface area contributed by atoms with Gasteiger partial charge in [-0.05, 0) is 61.4 Å². The van der Waals surface area contributed by atoms with Gasteiger partial charge in [-0.1, -0.05) is 30.3 Å². The van der Waals surface area contributed by atoms with Gasteiger partial charge in [0.15, 0.2) is 6.61 Å². The molecule has 0 fully saturated rings. The van der Waals surface area contributed by atoms with Crippen molar-refractivity contribution in [3.05, 3.63) is 89.2 Å². The Morgan fingerprint density at radius 2 is 1.69 bits per heavy atom. The number of halogens is 1. The molecule has 0 saturated heterocycles. The van der Waals surface area contributed by atoms with E-state index in [1.165, 1.54) is 6.07 Å². The van der Waals surface area contributed by atoms with Crippen LogP contribution in [0.3, 0.4) is 0 Å². The molecule has 32 heavy (non-hydrogen) atoms. The van der Waals surface area contributed by atoms with Crippen molar-refractivity contribution in [1.82, 2.24) is 0 Å². The van der Waals surface area contributed by atoms with Crippen LogP contribution in [-0.2, 0) is 21.4 Å². The third-order valence-electron chi connectivity index (χ3n) is 5.05. The Morgan fingerprint density at radius 1 is 1.00 bits per heavy atom. The maximum Gasteiger partial charge on any atom is 0.262 e. The molecule has 0 aliphatic carbocycles. The molecule has 0 spiro atoms. The molecule has 0 aliphatic rings. The standard InChI is InChI=1S/C24H25FN2O4S/c1-17-7-6-10-23(18(17)2)26-24(28)16-31-21-13-11-20(12-14-21)27(32(3,29)30)15-19-8-4-5-9-22(19)25/h4-14H,15-16H2,1-3H3,(H,26,28). The van der Waals surface area contributed by atoms with Gasteiger partial charge >= 0.3 is 0 Å². The van der Waals surface area contributed by atoms with Gasteiger partial charge in [-0.15, -0.1) is 0 Å². The van der Waals surface area contributed by atoms with Crippen LogP contribution in [0.5, 0.6) is 5.75 Å². The predicted octanol–water partition coefficient (Wildman–Crippen LogP) is 4.43. The highest BCUT2D eigenvalue weighted by atomic mass is 32.2. The number of rotatable bonds is 8. The second kappa shape index (κ2) is 9.82. The highest BCUT2D eigenvalue weighted by Gasteiger charge is 2.19. The number of sulfonamides is 1. The van der Waals surface area contributed by atoms with E-state index in [1.54, 1.807) is 42.5 Å². The Morgan fingerprint density at radius 3 is 2.34 bits per heavy atom. The number of ether oxygens (including phenoxy) is 1. The smallest absolute Gasteiger partial charge is 0.262 e. The minimum Gasteiger partial charge on any atom is -0.484 e. The van der Waals surface area contributed by atoms with Crippen molar-refractivity contribution in [3.63, 3.8) is 0 Å². The number of nitrogens with one attached hydrogen (secondary N) is 1. The van der Waals surface area contributed by atoms with E-state index in [-0.39, 0.29) is 24.6 Å². The summed E-state index contributed by atoms with van der Waals surface area (Å²) in [5, 5.41) is 2.82. The number of hydrogen-bond acceptors (Lipinski definition) is 4. The first-order chi connectivity index (χ1) is 15.1. The molecule has 1 amide bonds. The molecule has 3 aromatic carbocycles. The molecule has 0 heterocycles. The Hall–Kier alpha value is -3.39. The van der Waals surface area contributed by atoms with Crippen molar-refractivity contribution in [2.45, 2.75) is 20.4 Å². The normalized spacial score (nSPS) is 11.1. The minimum atomic E-state index is -3.65. The first-order valence-electron chi connectivity index (χ1n) is 9.95. The van der Waals surface area contributed by atoms with Crippen LogP contribution in [0.1, 0.15) is 16.7 Å². The Balaban J connectivity index is 1.67. The number of nitrogens with zero attached hydrogens (tertiary/aromatic N) is 1. The average Bonchev–Trinajstić information content (AvgIpc) is 2.74. The molecule has 0 aromatic heterocycles. The summed E-state index contributed by atoms with van der Waals surface area (Å²) in [4.78, 5) is 12.2. The van der Waals surface area contributed by atoms with Crippen LogP contribution in [0.25, 0.3) is 0 Å². The molecule has 0 radical (unpaired) electrons. The lowest BCUT2D eigenvalue weighted by atomic mass is 10.1. The van der Waals surface area contributed by atoms with E-state index < -0.39 is 15.8 Å². The van der Waals surface area contributed by atoms with Gasteiger partial charge < -0.3 is 10.1 Å². The number of carbonyl (C=O) groups excluding carboxylic acids is 1. The zero-order valence-corrected chi connectivity index (χ0v) is 18.9. The van der Waals surface area contributed by atoms with Gasteiger partial charge in [0.25, 0.3) is 5.91 Å². The molecule has 0 unspecified atom stereocenters. The molecule has 0 bridgehead atoms. The van der Waals surface area contributed by atoms with Crippen molar-refractivity contribution < 1.29 is 22.3 Å². The number of amides is 1. The van der Waals surface area contributed by atoms with Gasteiger partial charge in [0.1, 0.15) is 11.6 Å². The fourth-order valence-electron chi connectivity index (χ4n) is 3.11. The van der Waals surface area contributed by atoms with E-state index in [4.69, 9.17) is 4.74 Å². The summed E-state index contributed by atoms with van der Waals surface area (Å²) in [5.74, 6) is -0.375. The van der Waals surface area contributed by atoms with E-state index in [1.807, 2.05) is 32.0 Å². The zero-order valence-electron chi connectivity index (χ0n) is 18.1. The van der Waals surface area contributed by atoms with E-state index in [0.29, 0.717) is 11.4 Å². The highest BCUT2D eigenvalue weighted by Crippen LogP contribution is 2.24. The fraction of sp³-hybridized carbons (Fsp3) is 0.208. The van der Waals surface area contributed by atoms with Crippen LogP contribution in [0.4, 0.5) is 15.8 Å². The summed E-state index contributed by atoms with van der Waals surface area (Å²) in [5.41, 5.74) is 3.42. The SMILES string of the molecule is Cc1cccc(NC(=O)COc2ccc(N(Cc3ccccc3F)S(C)(=O)=O)cc2)c1C. The number of benzene rings is 3. The van der Waals surface area contributed by atoms with E-state index in [0.717, 1.165) is 27.4 Å². The fourth-order valence-corrected chi connectivity index (χ4v) is 3.99. The van der Waals surface area contributed by atoms with Crippen molar-refractivity contribution in [3.8, 4) is 5.75 Å². The van der Waals surface area contributed by atoms with Gasteiger partial charge in [-0.3, -0.25) is 9.10 Å². The largest absolute Gasteiger partial charge is 0.484 e. The van der Waals surface area contributed by atoms with Crippen LogP contribution >= 0.6 is 0 Å². The molecule has 0 aliphatic heterocycles. The molecular weight excluding hydrogens is 431 g/mol. The lowest BCUT2D eigenvalue weighted by molar-refractivity contribution is -0.118. The van der Waals surface area contributed by atoms with Crippen molar-refractivity contribution in [2.75, 3.05) is 22.5 Å². The van der Waals surface area contributed by atoms with E-state index in [2.05, 4.69) is 5.32 Å². The zero-order chi connectivity index (χ0) is 23.3. The number of carbonyl (C=O) groups is 1. The van der Waals surface area contributed by atoms with Gasteiger partial charge in [0.05, 0.1) is 18.5 Å². The Kier molecular flexibility index (Phi) is 7.15. The summed E-state index contributed by atoms with van der Waals surface area (Å²) in [6.07, 6.45) is 1.07. The Labute approximate surface area is 187 Å². The van der Waals surface area contributed by atoms with Crippen LogP contribution in [-0.4, -0.2) is 27.2 Å². The van der Waals surface area contributed by atoms with Gasteiger partial charge in [0.2, 0.25) is 10.0 Å². The van der Waals surface area contributed by atoms with Crippen LogP contribution in [0.2, 0.25) is 0 Å². The molecule has 6 nitrogen and oxygen atoms in total. The van der Waals surface area contributed by atoms with Crippen molar-refractivity contribution >= 4 is 27.3 Å². The summed E-state index contributed by atoms with van der Waals surface area (Å²) in [6.45, 7) is 3.57. The maximum absolute atomic E-state index is 14.0. The van der Waals surface area contributed by atoms with E-state index >= 15 is 0 Å². The first-order valence-corrected chi connectivity index (χ1v) is 11.8. The maximum atomic E-state index is 14.0.